The molecule has 2 heteroatoms. The molecule has 0 nitrogen and oxygen atoms in total. The maximum Gasteiger partial charge on any atom is -0.0355 e. The van der Waals surface area contributed by atoms with E-state index in [9.17, 15) is 0 Å². The molecule has 2 aliphatic carbocycles. The van der Waals surface area contributed by atoms with Crippen LogP contribution in [0, 0.1) is 5.41 Å². The molecule has 0 amide bonds. The summed E-state index contributed by atoms with van der Waals surface area (Å²) in [6.07, 6.45) is 20.3. The standard InChI is InChI=1S/C8H11.C6H15P.C5H5.Ti/c1-8(2)6-4-3-5-7-8;1-4-7(5-2)6-3;1-2-4-5-3-1;/h3-5H,6H2,1-2H3;4-6H2,1-3H3;1-3H,4H2;. The van der Waals surface area contributed by atoms with Gasteiger partial charge in [-0.05, 0) is 18.5 Å². The maximum atomic E-state index is 2.37. The number of allylic oxidation sites excluding steroid dienone is 8. The van der Waals surface area contributed by atoms with Gasteiger partial charge in [0.1, 0.15) is 0 Å². The molecule has 0 unspecified atom stereocenters. The molecule has 0 spiro atoms. The third-order valence-electron chi connectivity index (χ3n) is 4.16. The van der Waals surface area contributed by atoms with Gasteiger partial charge in [0.05, 0.1) is 0 Å². The van der Waals surface area contributed by atoms with Crippen molar-refractivity contribution in [3.05, 3.63) is 44.2 Å². The summed E-state index contributed by atoms with van der Waals surface area (Å²) in [5.74, 6) is 0. The molecule has 2 aliphatic rings. The van der Waals surface area contributed by atoms with Crippen LogP contribution in [-0.2, 0) is 19.2 Å². The first-order chi connectivity index (χ1) is 10.0. The molecular formula is C19H31PTi. The van der Waals surface area contributed by atoms with Crippen molar-refractivity contribution in [3.63, 3.8) is 0 Å². The Morgan fingerprint density at radius 1 is 1.00 bits per heavy atom. The van der Waals surface area contributed by atoms with E-state index < -0.39 is 0 Å². The first-order valence-corrected chi connectivity index (χ1v) is 11.7. The van der Waals surface area contributed by atoms with Crippen LogP contribution >= 0.6 is 7.92 Å². The Bertz CT molecular complexity index is 417. The van der Waals surface area contributed by atoms with Crippen LogP contribution in [0.4, 0.5) is 0 Å². The summed E-state index contributed by atoms with van der Waals surface area (Å²) in [4.78, 5) is 0. The SMILES string of the molecule is CC1(C)CC=CC=[C]1[Ti][C]1=CC=CC1.CCP(CC)CC. The first kappa shape index (κ1) is 19.2. The van der Waals surface area contributed by atoms with Crippen LogP contribution in [0.5, 0.6) is 0 Å². The minimum Gasteiger partial charge on any atom is -0.108 e. The normalized spacial score (nSPS) is 19.0. The number of hydrogen-bond acceptors (Lipinski definition) is 0. The maximum absolute atomic E-state index is 2.37. The molecule has 0 fully saturated rings. The molecule has 0 aromatic rings. The van der Waals surface area contributed by atoms with Crippen molar-refractivity contribution in [3.8, 4) is 0 Å². The summed E-state index contributed by atoms with van der Waals surface area (Å²) in [6.45, 7) is 11.6. The minimum absolute atomic E-state index is 0.0226. The first-order valence-electron chi connectivity index (χ1n) is 8.25. The Balaban J connectivity index is 0.000000270. The molecular weight excluding hydrogens is 307 g/mol. The quantitative estimate of drug-likeness (QED) is 0.407. The van der Waals surface area contributed by atoms with E-state index in [1.54, 1.807) is 7.76 Å². The summed E-state index contributed by atoms with van der Waals surface area (Å²) in [5, 5.41) is 0. The zero-order valence-corrected chi connectivity index (χ0v) is 16.9. The molecule has 0 atom stereocenters. The summed E-state index contributed by atoms with van der Waals surface area (Å²) >= 11 is -0.0226. The van der Waals surface area contributed by atoms with Gasteiger partial charge in [-0.3, -0.25) is 0 Å². The third kappa shape index (κ3) is 6.81. The molecule has 0 aromatic heterocycles. The average Bonchev–Trinajstić information content (AvgIpc) is 2.97. The van der Waals surface area contributed by atoms with Crippen molar-refractivity contribution < 1.29 is 19.2 Å². The van der Waals surface area contributed by atoms with Crippen LogP contribution in [-0.4, -0.2) is 18.5 Å². The smallest absolute Gasteiger partial charge is 0.0355 e. The van der Waals surface area contributed by atoms with E-state index in [-0.39, 0.29) is 19.2 Å². The van der Waals surface area contributed by atoms with Gasteiger partial charge < -0.3 is 0 Å². The van der Waals surface area contributed by atoms with Crippen LogP contribution in [0.1, 0.15) is 47.5 Å². The number of rotatable bonds is 5. The zero-order valence-electron chi connectivity index (χ0n) is 14.4. The van der Waals surface area contributed by atoms with E-state index in [2.05, 4.69) is 71.1 Å². The van der Waals surface area contributed by atoms with Crippen LogP contribution in [0.25, 0.3) is 0 Å². The number of hydrogen-bond donors (Lipinski definition) is 0. The van der Waals surface area contributed by atoms with E-state index in [1.807, 2.05) is 0 Å². The van der Waals surface area contributed by atoms with Crippen molar-refractivity contribution in [2.45, 2.75) is 47.5 Å². The van der Waals surface area contributed by atoms with Gasteiger partial charge in [-0.25, -0.2) is 0 Å². The molecule has 0 aromatic carbocycles. The van der Waals surface area contributed by atoms with Crippen LogP contribution in [0.3, 0.4) is 0 Å². The molecule has 2 rings (SSSR count). The Morgan fingerprint density at radius 2 is 1.62 bits per heavy atom. The van der Waals surface area contributed by atoms with Gasteiger partial charge in [0.15, 0.2) is 0 Å². The second kappa shape index (κ2) is 9.99. The Kier molecular flexibility index (Phi) is 9.11. The summed E-state index contributed by atoms with van der Waals surface area (Å²) in [7, 11) is 0.446. The molecule has 0 saturated carbocycles. The van der Waals surface area contributed by atoms with E-state index >= 15 is 0 Å². The fourth-order valence-electron chi connectivity index (χ4n) is 2.46. The monoisotopic (exact) mass is 338 g/mol. The van der Waals surface area contributed by atoms with Crippen LogP contribution < -0.4 is 0 Å². The summed E-state index contributed by atoms with van der Waals surface area (Å²) < 4.78 is 3.38. The van der Waals surface area contributed by atoms with Gasteiger partial charge in [-0.1, -0.05) is 20.8 Å². The topological polar surface area (TPSA) is 0 Å². The van der Waals surface area contributed by atoms with Crippen molar-refractivity contribution >= 4 is 7.92 Å². The zero-order chi connectivity index (χ0) is 15.7. The van der Waals surface area contributed by atoms with Crippen LogP contribution in [0.15, 0.2) is 44.2 Å². The van der Waals surface area contributed by atoms with Crippen molar-refractivity contribution in [1.29, 1.82) is 0 Å². The molecule has 0 heterocycles. The fourth-order valence-corrected chi connectivity index (χ4v) is 5.93. The summed E-state index contributed by atoms with van der Waals surface area (Å²) in [6, 6.07) is 0. The summed E-state index contributed by atoms with van der Waals surface area (Å²) in [5.41, 5.74) is 0.415. The van der Waals surface area contributed by atoms with Gasteiger partial charge in [0.25, 0.3) is 0 Å². The molecule has 0 bridgehead atoms. The predicted octanol–water partition coefficient (Wildman–Crippen LogP) is 6.31. The van der Waals surface area contributed by atoms with Gasteiger partial charge in [0.2, 0.25) is 0 Å². The van der Waals surface area contributed by atoms with E-state index in [0.717, 1.165) is 0 Å². The van der Waals surface area contributed by atoms with Gasteiger partial charge in [-0.2, -0.15) is 0 Å². The Morgan fingerprint density at radius 3 is 2.05 bits per heavy atom. The molecule has 21 heavy (non-hydrogen) atoms. The largest absolute Gasteiger partial charge is 0.108 e. The van der Waals surface area contributed by atoms with E-state index in [0.29, 0.717) is 13.3 Å². The van der Waals surface area contributed by atoms with Crippen molar-refractivity contribution in [1.82, 2.24) is 0 Å². The van der Waals surface area contributed by atoms with E-state index in [4.69, 9.17) is 0 Å². The van der Waals surface area contributed by atoms with Crippen LogP contribution in [0.2, 0.25) is 0 Å². The second-order valence-electron chi connectivity index (χ2n) is 6.17. The van der Waals surface area contributed by atoms with Gasteiger partial charge >= 0.3 is 95.5 Å². The Labute approximate surface area is 142 Å². The Hall–Kier alpha value is 0.104. The second-order valence-corrected chi connectivity index (χ2v) is 11.6. The third-order valence-corrected chi connectivity index (χ3v) is 9.67. The van der Waals surface area contributed by atoms with Gasteiger partial charge in [-0.15, -0.1) is 7.92 Å². The molecule has 0 N–H and O–H groups in total. The molecule has 0 radical (unpaired) electrons. The fraction of sp³-hybridized carbons (Fsp3) is 0.579. The molecule has 116 valence electrons. The minimum atomic E-state index is -0.0226. The average molecular weight is 338 g/mol. The van der Waals surface area contributed by atoms with Crippen molar-refractivity contribution in [2.75, 3.05) is 18.5 Å². The van der Waals surface area contributed by atoms with E-state index in [1.165, 1.54) is 31.3 Å². The van der Waals surface area contributed by atoms with Gasteiger partial charge in [0, 0.05) is 0 Å². The predicted molar refractivity (Wildman–Crippen MR) is 96.0 cm³/mol. The van der Waals surface area contributed by atoms with Crippen molar-refractivity contribution in [2.24, 2.45) is 5.41 Å². The molecule has 0 aliphatic heterocycles. The molecule has 0 saturated heterocycles.